The van der Waals surface area contributed by atoms with Crippen LogP contribution < -0.4 is 10.9 Å². The Kier molecular flexibility index (Phi) is 6.08. The summed E-state index contributed by atoms with van der Waals surface area (Å²) in [6.07, 6.45) is 0. The lowest BCUT2D eigenvalue weighted by Gasteiger charge is -2.13. The number of benzene rings is 3. The highest BCUT2D eigenvalue weighted by Crippen LogP contribution is 2.24. The van der Waals surface area contributed by atoms with Crippen LogP contribution in [0.5, 0.6) is 0 Å². The molecule has 1 heterocycles. The molecule has 0 aliphatic heterocycles. The average molecular weight is 456 g/mol. The lowest BCUT2D eigenvalue weighted by molar-refractivity contribution is -0.113. The van der Waals surface area contributed by atoms with Gasteiger partial charge in [0.1, 0.15) is 0 Å². The summed E-state index contributed by atoms with van der Waals surface area (Å²) >= 11 is 13.3. The molecular formula is C22H15Cl2N3O2S. The first-order valence-electron chi connectivity index (χ1n) is 8.98. The number of rotatable bonds is 5. The standard InChI is InChI=1S/C22H15Cl2N3O2S/c23-14-9-11-15(12-10-14)27-21(29)16-5-1-3-7-18(16)26-22(27)30-13-20(28)25-19-8-4-2-6-17(19)24/h1-12H,13H2,(H,25,28). The van der Waals surface area contributed by atoms with Gasteiger partial charge in [-0.1, -0.05) is 59.2 Å². The van der Waals surface area contributed by atoms with Gasteiger partial charge >= 0.3 is 0 Å². The summed E-state index contributed by atoms with van der Waals surface area (Å²) in [4.78, 5) is 30.2. The number of hydrogen-bond donors (Lipinski definition) is 1. The number of fused-ring (bicyclic) bond motifs is 1. The molecule has 0 saturated heterocycles. The molecule has 0 bridgehead atoms. The monoisotopic (exact) mass is 455 g/mol. The van der Waals surface area contributed by atoms with Gasteiger partial charge in [-0.3, -0.25) is 14.2 Å². The van der Waals surface area contributed by atoms with Crippen molar-refractivity contribution in [1.29, 1.82) is 0 Å². The van der Waals surface area contributed by atoms with Crippen LogP contribution in [0.15, 0.2) is 82.7 Å². The van der Waals surface area contributed by atoms with Crippen LogP contribution in [0, 0.1) is 0 Å². The second-order valence-electron chi connectivity index (χ2n) is 6.35. The molecule has 0 radical (unpaired) electrons. The molecule has 0 saturated carbocycles. The molecule has 5 nitrogen and oxygen atoms in total. The number of amides is 1. The molecule has 0 atom stereocenters. The molecule has 30 heavy (non-hydrogen) atoms. The number of carbonyl (C=O) groups is 1. The molecule has 0 unspecified atom stereocenters. The van der Waals surface area contributed by atoms with Gasteiger partial charge in [0.2, 0.25) is 5.91 Å². The van der Waals surface area contributed by atoms with Gasteiger partial charge in [0.15, 0.2) is 5.16 Å². The van der Waals surface area contributed by atoms with Gasteiger partial charge in [0.05, 0.1) is 33.1 Å². The Bertz CT molecular complexity index is 1290. The highest BCUT2D eigenvalue weighted by atomic mass is 35.5. The van der Waals surface area contributed by atoms with E-state index in [9.17, 15) is 9.59 Å². The summed E-state index contributed by atoms with van der Waals surface area (Å²) in [6, 6.07) is 21.0. The van der Waals surface area contributed by atoms with Gasteiger partial charge in [-0.2, -0.15) is 0 Å². The van der Waals surface area contributed by atoms with Crippen LogP contribution in [0.1, 0.15) is 0 Å². The second kappa shape index (κ2) is 8.92. The molecule has 8 heteroatoms. The Labute approximate surface area is 186 Å². The van der Waals surface area contributed by atoms with Crippen LogP contribution in [0.25, 0.3) is 16.6 Å². The zero-order chi connectivity index (χ0) is 21.1. The summed E-state index contributed by atoms with van der Waals surface area (Å²) in [6.45, 7) is 0. The van der Waals surface area contributed by atoms with E-state index < -0.39 is 0 Å². The second-order valence-corrected chi connectivity index (χ2v) is 8.13. The Balaban J connectivity index is 1.68. The van der Waals surface area contributed by atoms with Crippen LogP contribution in [-0.4, -0.2) is 21.2 Å². The van der Waals surface area contributed by atoms with Crippen molar-refractivity contribution in [2.45, 2.75) is 5.16 Å². The predicted octanol–water partition coefficient (Wildman–Crippen LogP) is 5.42. The largest absolute Gasteiger partial charge is 0.324 e. The van der Waals surface area contributed by atoms with E-state index in [0.29, 0.717) is 37.5 Å². The number of anilines is 1. The molecule has 4 rings (SSSR count). The fourth-order valence-corrected chi connectivity index (χ4v) is 4.03. The van der Waals surface area contributed by atoms with Gasteiger partial charge in [-0.25, -0.2) is 4.98 Å². The number of hydrogen-bond acceptors (Lipinski definition) is 4. The van der Waals surface area contributed by atoms with Crippen molar-refractivity contribution in [2.24, 2.45) is 0 Å². The van der Waals surface area contributed by atoms with E-state index in [-0.39, 0.29) is 17.2 Å². The number of thioether (sulfide) groups is 1. The normalized spacial score (nSPS) is 10.9. The van der Waals surface area contributed by atoms with Crippen molar-refractivity contribution in [2.75, 3.05) is 11.1 Å². The SMILES string of the molecule is O=C(CSc1nc2ccccc2c(=O)n1-c1ccc(Cl)cc1)Nc1ccccc1Cl. The third-order valence-corrected chi connectivity index (χ3v) is 5.83. The third kappa shape index (κ3) is 4.36. The Morgan fingerprint density at radius 1 is 0.967 bits per heavy atom. The van der Waals surface area contributed by atoms with Crippen LogP contribution in [0.4, 0.5) is 5.69 Å². The summed E-state index contributed by atoms with van der Waals surface area (Å²) in [5.41, 5.74) is 1.52. The van der Waals surface area contributed by atoms with E-state index in [1.807, 2.05) is 6.07 Å². The van der Waals surface area contributed by atoms with Gasteiger partial charge in [0.25, 0.3) is 5.56 Å². The Morgan fingerprint density at radius 2 is 1.67 bits per heavy atom. The van der Waals surface area contributed by atoms with Gasteiger partial charge < -0.3 is 5.32 Å². The molecule has 0 aliphatic carbocycles. The van der Waals surface area contributed by atoms with Gasteiger partial charge in [-0.15, -0.1) is 0 Å². The van der Waals surface area contributed by atoms with E-state index in [2.05, 4.69) is 10.3 Å². The number of nitrogens with one attached hydrogen (secondary N) is 1. The maximum Gasteiger partial charge on any atom is 0.266 e. The topological polar surface area (TPSA) is 64.0 Å². The summed E-state index contributed by atoms with van der Waals surface area (Å²) in [5, 5.41) is 4.70. The molecule has 150 valence electrons. The molecule has 0 fully saturated rings. The van der Waals surface area contributed by atoms with Crippen LogP contribution >= 0.6 is 35.0 Å². The Morgan fingerprint density at radius 3 is 2.43 bits per heavy atom. The fraction of sp³-hybridized carbons (Fsp3) is 0.0455. The molecule has 1 amide bonds. The smallest absolute Gasteiger partial charge is 0.266 e. The summed E-state index contributed by atoms with van der Waals surface area (Å²) in [7, 11) is 0. The van der Waals surface area contributed by atoms with Crippen LogP contribution in [-0.2, 0) is 4.79 Å². The first-order valence-corrected chi connectivity index (χ1v) is 10.7. The Hall–Kier alpha value is -2.80. The number of para-hydroxylation sites is 2. The quantitative estimate of drug-likeness (QED) is 0.322. The molecule has 3 aromatic carbocycles. The fourth-order valence-electron chi connectivity index (χ4n) is 2.91. The maximum atomic E-state index is 13.2. The van der Waals surface area contributed by atoms with E-state index in [1.54, 1.807) is 66.7 Å². The highest BCUT2D eigenvalue weighted by molar-refractivity contribution is 7.99. The molecule has 1 aromatic heterocycles. The predicted molar refractivity (Wildman–Crippen MR) is 123 cm³/mol. The lowest BCUT2D eigenvalue weighted by atomic mass is 10.2. The first kappa shape index (κ1) is 20.5. The zero-order valence-electron chi connectivity index (χ0n) is 15.5. The third-order valence-electron chi connectivity index (χ3n) is 4.31. The average Bonchev–Trinajstić information content (AvgIpc) is 2.75. The first-order chi connectivity index (χ1) is 14.5. The van der Waals surface area contributed by atoms with Gasteiger partial charge in [0, 0.05) is 5.02 Å². The number of carbonyl (C=O) groups excluding carboxylic acids is 1. The maximum absolute atomic E-state index is 13.2. The summed E-state index contributed by atoms with van der Waals surface area (Å²) in [5.74, 6) is -0.193. The van der Waals surface area contributed by atoms with Gasteiger partial charge in [-0.05, 0) is 48.5 Å². The highest BCUT2D eigenvalue weighted by Gasteiger charge is 2.15. The summed E-state index contributed by atoms with van der Waals surface area (Å²) < 4.78 is 1.49. The minimum absolute atomic E-state index is 0.0591. The van der Waals surface area contributed by atoms with E-state index >= 15 is 0 Å². The molecule has 0 aliphatic rings. The van der Waals surface area contributed by atoms with Crippen molar-refractivity contribution in [1.82, 2.24) is 9.55 Å². The van der Waals surface area contributed by atoms with Crippen LogP contribution in [0.2, 0.25) is 10.0 Å². The van der Waals surface area contributed by atoms with Crippen LogP contribution in [0.3, 0.4) is 0 Å². The number of aromatic nitrogens is 2. The van der Waals surface area contributed by atoms with Crippen molar-refractivity contribution in [3.63, 3.8) is 0 Å². The van der Waals surface area contributed by atoms with E-state index in [1.165, 1.54) is 16.3 Å². The van der Waals surface area contributed by atoms with E-state index in [0.717, 1.165) is 0 Å². The zero-order valence-corrected chi connectivity index (χ0v) is 17.8. The molecule has 4 aromatic rings. The van der Waals surface area contributed by atoms with Crippen molar-refractivity contribution < 1.29 is 4.79 Å². The van der Waals surface area contributed by atoms with E-state index in [4.69, 9.17) is 23.2 Å². The van der Waals surface area contributed by atoms with Crippen molar-refractivity contribution in [3.8, 4) is 5.69 Å². The minimum atomic E-state index is -0.252. The van der Waals surface area contributed by atoms with Crippen molar-refractivity contribution >= 4 is 57.5 Å². The molecule has 1 N–H and O–H groups in total. The number of nitrogens with zero attached hydrogens (tertiary/aromatic N) is 2. The molecule has 0 spiro atoms. The van der Waals surface area contributed by atoms with Crippen molar-refractivity contribution in [3.05, 3.63) is 93.2 Å². The number of halogens is 2. The lowest BCUT2D eigenvalue weighted by Crippen LogP contribution is -2.23. The minimum Gasteiger partial charge on any atom is -0.324 e. The molecular weight excluding hydrogens is 441 g/mol.